The van der Waals surface area contributed by atoms with E-state index in [2.05, 4.69) is 29.7 Å². The minimum atomic E-state index is -1.93. The molecule has 3 aliphatic heterocycles. The Kier molecular flexibility index (Phi) is 4.28. The molecule has 0 radical (unpaired) electrons. The summed E-state index contributed by atoms with van der Waals surface area (Å²) in [5, 5.41) is 20.6. The van der Waals surface area contributed by atoms with Crippen LogP contribution in [0.15, 0.2) is 48.6 Å². The molecule has 7 rings (SSSR count). The Morgan fingerprint density at radius 1 is 1.24 bits per heavy atom. The van der Waals surface area contributed by atoms with E-state index in [0.717, 1.165) is 38.6 Å². The highest BCUT2D eigenvalue weighted by Gasteiger charge is 2.63. The van der Waals surface area contributed by atoms with Gasteiger partial charge in [-0.1, -0.05) is 42.5 Å². The molecule has 5 atom stereocenters. The lowest BCUT2D eigenvalue weighted by atomic mass is 9.79. The summed E-state index contributed by atoms with van der Waals surface area (Å²) in [7, 11) is 1.28. The molecule has 4 aliphatic rings. The van der Waals surface area contributed by atoms with E-state index < -0.39 is 28.9 Å². The first kappa shape index (κ1) is 22.6. The van der Waals surface area contributed by atoms with Crippen LogP contribution in [-0.4, -0.2) is 45.9 Å². The van der Waals surface area contributed by atoms with Gasteiger partial charge in [0.25, 0.3) is 5.91 Å². The largest absolute Gasteiger partial charge is 0.467 e. The van der Waals surface area contributed by atoms with E-state index in [1.54, 1.807) is 6.92 Å². The maximum Gasteiger partial charge on any atom is 0.343 e. The number of rotatable bonds is 2. The van der Waals surface area contributed by atoms with E-state index >= 15 is 0 Å². The number of anilines is 1. The minimum Gasteiger partial charge on any atom is -0.467 e. The summed E-state index contributed by atoms with van der Waals surface area (Å²) in [6.07, 6.45) is 7.98. The number of nitrogens with one attached hydrogen (secondary N) is 2. The molecule has 8 heteroatoms. The van der Waals surface area contributed by atoms with E-state index in [1.807, 2.05) is 47.9 Å². The number of ether oxygens (including phenoxy) is 2. The van der Waals surface area contributed by atoms with Crippen LogP contribution in [-0.2, 0) is 26.5 Å². The molecule has 8 nitrogen and oxygen atoms in total. The Morgan fingerprint density at radius 2 is 2.03 bits per heavy atom. The number of aliphatic hydroxyl groups is 1. The zero-order valence-corrected chi connectivity index (χ0v) is 21.2. The summed E-state index contributed by atoms with van der Waals surface area (Å²) in [4.78, 5) is 26.4. The van der Waals surface area contributed by atoms with Crippen LogP contribution in [0.3, 0.4) is 0 Å². The maximum atomic E-state index is 13.3. The molecule has 5 unspecified atom stereocenters. The molecule has 1 aromatic heterocycles. The van der Waals surface area contributed by atoms with Crippen molar-refractivity contribution in [3.05, 3.63) is 65.3 Å². The fourth-order valence-electron chi connectivity index (χ4n) is 7.23. The fourth-order valence-corrected chi connectivity index (χ4v) is 7.23. The van der Waals surface area contributed by atoms with Crippen molar-refractivity contribution in [1.29, 1.82) is 0 Å². The molecule has 1 saturated heterocycles. The van der Waals surface area contributed by atoms with Gasteiger partial charge in [-0.2, -0.15) is 0 Å². The predicted octanol–water partition coefficient (Wildman–Crippen LogP) is 3.82. The number of fused-ring (bicyclic) bond motifs is 10. The number of hydrogen-bond acceptors (Lipinski definition) is 6. The second kappa shape index (κ2) is 7.02. The number of benzene rings is 2. The highest BCUT2D eigenvalue weighted by Crippen LogP contribution is 2.56. The van der Waals surface area contributed by atoms with Crippen LogP contribution < -0.4 is 10.6 Å². The molecule has 4 heterocycles. The summed E-state index contributed by atoms with van der Waals surface area (Å²) in [5.41, 5.74) is 1.17. The van der Waals surface area contributed by atoms with Crippen LogP contribution in [0, 0.1) is 0 Å². The number of amides is 1. The molecule has 1 amide bonds. The van der Waals surface area contributed by atoms with Gasteiger partial charge in [-0.15, -0.1) is 0 Å². The number of methoxy groups -OCH3 is 1. The van der Waals surface area contributed by atoms with Gasteiger partial charge in [-0.25, -0.2) is 4.79 Å². The fraction of sp³-hybridized carbons (Fsp3) is 0.379. The van der Waals surface area contributed by atoms with E-state index in [0.29, 0.717) is 12.1 Å². The quantitative estimate of drug-likeness (QED) is 0.464. The number of hydrogen-bond donors (Lipinski definition) is 3. The van der Waals surface area contributed by atoms with Gasteiger partial charge in [0.05, 0.1) is 41.0 Å². The minimum absolute atomic E-state index is 0.0586. The summed E-state index contributed by atoms with van der Waals surface area (Å²) in [6, 6.07) is 7.88. The molecule has 3 aromatic rings. The third-order valence-corrected chi connectivity index (χ3v) is 8.85. The van der Waals surface area contributed by atoms with E-state index in [4.69, 9.17) is 9.47 Å². The lowest BCUT2D eigenvalue weighted by Gasteiger charge is -2.38. The van der Waals surface area contributed by atoms with Crippen molar-refractivity contribution in [3.63, 3.8) is 0 Å². The molecular formula is C29H29N3O5. The van der Waals surface area contributed by atoms with Crippen LogP contribution in [0.5, 0.6) is 0 Å². The molecular weight excluding hydrogens is 470 g/mol. The molecule has 2 aromatic carbocycles. The number of carbonyl (C=O) groups excluding carboxylic acids is 2. The number of para-hydroxylation sites is 1. The molecule has 190 valence electrons. The van der Waals surface area contributed by atoms with Gasteiger partial charge in [0.15, 0.2) is 5.72 Å². The predicted molar refractivity (Wildman–Crippen MR) is 139 cm³/mol. The number of carbonyl (C=O) groups is 2. The highest BCUT2D eigenvalue weighted by atomic mass is 16.6. The molecule has 0 saturated carbocycles. The van der Waals surface area contributed by atoms with Crippen molar-refractivity contribution in [1.82, 2.24) is 9.88 Å². The summed E-state index contributed by atoms with van der Waals surface area (Å²) in [6.45, 7) is 6.13. The Balaban J connectivity index is 1.68. The van der Waals surface area contributed by atoms with Gasteiger partial charge in [-0.3, -0.25) is 4.79 Å². The van der Waals surface area contributed by atoms with E-state index in [1.165, 1.54) is 7.11 Å². The SMILES string of the molecule is COC(=O)C1(O)CC(C)OC1(C)n1c2ccccc2c2c3c(c4c(c21)NC1(C)C=CC=CC41)C(=O)NC3. The summed E-state index contributed by atoms with van der Waals surface area (Å²) in [5.74, 6) is -0.877. The van der Waals surface area contributed by atoms with Gasteiger partial charge in [0, 0.05) is 35.2 Å². The highest BCUT2D eigenvalue weighted by molar-refractivity contribution is 6.20. The first-order valence-electron chi connectivity index (χ1n) is 12.7. The second-order valence-corrected chi connectivity index (χ2v) is 11.0. The molecule has 0 bridgehead atoms. The van der Waals surface area contributed by atoms with Crippen LogP contribution >= 0.6 is 0 Å². The number of nitrogens with zero attached hydrogens (tertiary/aromatic N) is 1. The third kappa shape index (κ3) is 2.54. The van der Waals surface area contributed by atoms with Crippen LogP contribution in [0.4, 0.5) is 5.69 Å². The standard InChI is InChI=1S/C29H29N3O5/c1-15-13-29(35,26(34)36-4)28(3,37-15)32-19-11-6-5-9-16(19)20-17-14-30-25(33)21(17)22-18-10-7-8-12-27(18,2)31-23(22)24(20)32/h5-12,15,18,31,35H,13-14H2,1-4H3,(H,30,33). The topological polar surface area (TPSA) is 102 Å². The molecule has 1 aliphatic carbocycles. The Hall–Kier alpha value is -3.62. The Bertz CT molecular complexity index is 1620. The van der Waals surface area contributed by atoms with Gasteiger partial charge in [-0.05, 0) is 32.4 Å². The third-order valence-electron chi connectivity index (χ3n) is 8.85. The van der Waals surface area contributed by atoms with E-state index in [9.17, 15) is 14.7 Å². The first-order valence-corrected chi connectivity index (χ1v) is 12.7. The zero-order chi connectivity index (χ0) is 25.9. The van der Waals surface area contributed by atoms with Crippen molar-refractivity contribution >= 4 is 39.4 Å². The normalized spacial score (nSPS) is 33.4. The van der Waals surface area contributed by atoms with Gasteiger partial charge >= 0.3 is 5.97 Å². The lowest BCUT2D eigenvalue weighted by molar-refractivity contribution is -0.199. The van der Waals surface area contributed by atoms with Crippen molar-refractivity contribution in [2.75, 3.05) is 12.4 Å². The van der Waals surface area contributed by atoms with Crippen molar-refractivity contribution in [3.8, 4) is 0 Å². The van der Waals surface area contributed by atoms with Crippen LogP contribution in [0.2, 0.25) is 0 Å². The zero-order valence-electron chi connectivity index (χ0n) is 21.2. The number of esters is 1. The second-order valence-electron chi connectivity index (χ2n) is 11.0. The first-order chi connectivity index (χ1) is 17.6. The van der Waals surface area contributed by atoms with Crippen LogP contribution in [0.25, 0.3) is 21.8 Å². The lowest BCUT2D eigenvalue weighted by Crippen LogP contribution is -2.56. The van der Waals surface area contributed by atoms with E-state index in [-0.39, 0.29) is 18.2 Å². The van der Waals surface area contributed by atoms with Gasteiger partial charge in [0.2, 0.25) is 5.60 Å². The molecule has 37 heavy (non-hydrogen) atoms. The van der Waals surface area contributed by atoms with Gasteiger partial charge < -0.3 is 29.8 Å². The molecule has 0 spiro atoms. The smallest absolute Gasteiger partial charge is 0.343 e. The summed E-state index contributed by atoms with van der Waals surface area (Å²) >= 11 is 0. The Labute approximate surface area is 213 Å². The molecule has 1 fully saturated rings. The Morgan fingerprint density at radius 3 is 2.81 bits per heavy atom. The maximum absolute atomic E-state index is 13.3. The van der Waals surface area contributed by atoms with Crippen molar-refractivity contribution < 1.29 is 24.2 Å². The van der Waals surface area contributed by atoms with Crippen molar-refractivity contribution in [2.45, 2.75) is 62.6 Å². The number of allylic oxidation sites excluding steroid dienone is 2. The average molecular weight is 500 g/mol. The van der Waals surface area contributed by atoms with Crippen molar-refractivity contribution in [2.24, 2.45) is 0 Å². The van der Waals surface area contributed by atoms with Gasteiger partial charge in [0.1, 0.15) is 0 Å². The summed E-state index contributed by atoms with van der Waals surface area (Å²) < 4.78 is 13.5. The average Bonchev–Trinajstić information content (AvgIpc) is 3.57. The number of aromatic nitrogens is 1. The molecule has 3 N–H and O–H groups in total. The van der Waals surface area contributed by atoms with Crippen LogP contribution in [0.1, 0.15) is 54.6 Å². The monoisotopic (exact) mass is 499 g/mol.